The van der Waals surface area contributed by atoms with E-state index in [0.29, 0.717) is 5.82 Å². The molecule has 0 spiro atoms. The highest BCUT2D eigenvalue weighted by Crippen LogP contribution is 2.32. The molecule has 0 radical (unpaired) electrons. The third-order valence-corrected chi connectivity index (χ3v) is 3.79. The minimum Gasteiger partial charge on any atom is -0.466 e. The number of para-hydroxylation sites is 1. The molecule has 104 valence electrons. The molecule has 20 heavy (non-hydrogen) atoms. The van der Waals surface area contributed by atoms with Crippen molar-refractivity contribution < 1.29 is 9.53 Å². The number of hydrogen-bond acceptors (Lipinski definition) is 6. The van der Waals surface area contributed by atoms with Crippen LogP contribution in [0.1, 0.15) is 4.88 Å². The van der Waals surface area contributed by atoms with Crippen molar-refractivity contribution in [2.24, 2.45) is 0 Å². The van der Waals surface area contributed by atoms with Gasteiger partial charge in [0.2, 0.25) is 0 Å². The van der Waals surface area contributed by atoms with Crippen LogP contribution in [0, 0.1) is 0 Å². The van der Waals surface area contributed by atoms with E-state index in [0.717, 1.165) is 15.7 Å². The van der Waals surface area contributed by atoms with Gasteiger partial charge in [0.25, 0.3) is 0 Å². The number of aromatic nitrogens is 1. The quantitative estimate of drug-likeness (QED) is 0.692. The van der Waals surface area contributed by atoms with Crippen molar-refractivity contribution in [1.29, 1.82) is 0 Å². The summed E-state index contributed by atoms with van der Waals surface area (Å²) in [7, 11) is 3.25. The van der Waals surface area contributed by atoms with E-state index in [1.165, 1.54) is 24.5 Å². The van der Waals surface area contributed by atoms with E-state index in [-0.39, 0.29) is 0 Å². The van der Waals surface area contributed by atoms with Crippen LogP contribution in [-0.2, 0) is 9.53 Å². The predicted octanol–water partition coefficient (Wildman–Crippen LogP) is 2.68. The molecule has 0 aliphatic heterocycles. The highest BCUT2D eigenvalue weighted by atomic mass is 32.1. The minimum absolute atomic E-state index is 0.396. The summed E-state index contributed by atoms with van der Waals surface area (Å²) in [6.45, 7) is 0. The first-order valence-corrected chi connectivity index (χ1v) is 6.74. The summed E-state index contributed by atoms with van der Waals surface area (Å²) in [4.78, 5) is 18.1. The summed E-state index contributed by atoms with van der Waals surface area (Å²) < 4.78 is 4.54. The molecule has 1 heterocycles. The number of nitrogens with two attached hydrogens (primary N) is 1. The second-order valence-corrected chi connectivity index (χ2v) is 5.01. The molecule has 0 aliphatic carbocycles. The van der Waals surface area contributed by atoms with Crippen LogP contribution in [0.25, 0.3) is 6.08 Å². The van der Waals surface area contributed by atoms with E-state index in [1.54, 1.807) is 6.08 Å². The average molecular weight is 289 g/mol. The largest absolute Gasteiger partial charge is 0.466 e. The maximum atomic E-state index is 11.1. The molecular weight excluding hydrogens is 274 g/mol. The van der Waals surface area contributed by atoms with Crippen molar-refractivity contribution in [3.63, 3.8) is 0 Å². The lowest BCUT2D eigenvalue weighted by atomic mass is 10.3. The van der Waals surface area contributed by atoms with Gasteiger partial charge in [-0.3, -0.25) is 0 Å². The summed E-state index contributed by atoms with van der Waals surface area (Å²) in [6.07, 6.45) is 2.94. The van der Waals surface area contributed by atoms with E-state index in [4.69, 9.17) is 5.73 Å². The number of nitrogen functional groups attached to an aromatic ring is 1. The standard InChI is InChI=1S/C14H15N3O2S/c1-17(10-6-4-3-5-7-10)14-16-13(15)11(20-14)8-9-12(18)19-2/h3-9H,15H2,1-2H3/b9-8+. The lowest BCUT2D eigenvalue weighted by Gasteiger charge is -2.15. The molecule has 6 heteroatoms. The number of benzene rings is 1. The lowest BCUT2D eigenvalue weighted by Crippen LogP contribution is -2.08. The highest BCUT2D eigenvalue weighted by molar-refractivity contribution is 7.17. The van der Waals surface area contributed by atoms with Gasteiger partial charge in [-0.1, -0.05) is 29.5 Å². The molecule has 0 bridgehead atoms. The van der Waals surface area contributed by atoms with E-state index in [9.17, 15) is 4.79 Å². The Morgan fingerprint density at radius 3 is 2.75 bits per heavy atom. The first kappa shape index (κ1) is 14.1. The Morgan fingerprint density at radius 1 is 1.40 bits per heavy atom. The first-order chi connectivity index (χ1) is 9.61. The summed E-state index contributed by atoms with van der Waals surface area (Å²) in [5.41, 5.74) is 6.87. The molecule has 0 aliphatic rings. The number of thiazole rings is 1. The van der Waals surface area contributed by atoms with E-state index >= 15 is 0 Å². The number of carbonyl (C=O) groups excluding carboxylic acids is 1. The molecule has 2 aromatic rings. The van der Waals surface area contributed by atoms with Crippen molar-refractivity contribution in [1.82, 2.24) is 4.98 Å². The molecule has 2 rings (SSSR count). The third kappa shape index (κ3) is 3.16. The number of rotatable bonds is 4. The number of esters is 1. The van der Waals surface area contributed by atoms with Gasteiger partial charge in [-0.05, 0) is 18.2 Å². The molecule has 0 atom stereocenters. The topological polar surface area (TPSA) is 68.5 Å². The fourth-order valence-electron chi connectivity index (χ4n) is 1.57. The maximum Gasteiger partial charge on any atom is 0.330 e. The zero-order valence-electron chi connectivity index (χ0n) is 11.2. The van der Waals surface area contributed by atoms with Crippen LogP contribution >= 0.6 is 11.3 Å². The van der Waals surface area contributed by atoms with Crippen LogP contribution < -0.4 is 10.6 Å². The molecule has 1 aromatic heterocycles. The van der Waals surface area contributed by atoms with Crippen molar-refractivity contribution in [2.75, 3.05) is 24.8 Å². The van der Waals surface area contributed by atoms with Gasteiger partial charge in [0.15, 0.2) is 5.13 Å². The Morgan fingerprint density at radius 2 is 2.10 bits per heavy atom. The van der Waals surface area contributed by atoms with Gasteiger partial charge in [-0.2, -0.15) is 0 Å². The Kier molecular flexibility index (Phi) is 4.37. The Hall–Kier alpha value is -2.34. The predicted molar refractivity (Wildman–Crippen MR) is 82.1 cm³/mol. The summed E-state index contributed by atoms with van der Waals surface area (Å²) in [5.74, 6) is -0.0244. The highest BCUT2D eigenvalue weighted by Gasteiger charge is 2.11. The number of ether oxygens (including phenoxy) is 1. The van der Waals surface area contributed by atoms with Gasteiger partial charge in [-0.25, -0.2) is 9.78 Å². The van der Waals surface area contributed by atoms with Gasteiger partial charge in [-0.15, -0.1) is 0 Å². The zero-order valence-corrected chi connectivity index (χ0v) is 12.1. The SMILES string of the molecule is COC(=O)/C=C/c1sc(N(C)c2ccccc2)nc1N. The Balaban J connectivity index is 2.23. The molecule has 5 nitrogen and oxygen atoms in total. The van der Waals surface area contributed by atoms with Crippen LogP contribution in [0.3, 0.4) is 0 Å². The molecule has 0 unspecified atom stereocenters. The normalized spacial score (nSPS) is 10.7. The van der Waals surface area contributed by atoms with Gasteiger partial charge >= 0.3 is 5.97 Å². The van der Waals surface area contributed by atoms with E-state index in [1.807, 2.05) is 42.3 Å². The Labute approximate surface area is 121 Å². The molecular formula is C14H15N3O2S. The molecule has 0 fully saturated rings. The fourth-order valence-corrected chi connectivity index (χ4v) is 2.44. The van der Waals surface area contributed by atoms with Crippen molar-refractivity contribution in [3.8, 4) is 0 Å². The molecule has 0 saturated heterocycles. The van der Waals surface area contributed by atoms with Crippen LogP contribution in [0.4, 0.5) is 16.6 Å². The minimum atomic E-state index is -0.421. The number of carbonyl (C=O) groups is 1. The van der Waals surface area contributed by atoms with Crippen LogP contribution in [0.2, 0.25) is 0 Å². The van der Waals surface area contributed by atoms with Crippen LogP contribution in [0.5, 0.6) is 0 Å². The lowest BCUT2D eigenvalue weighted by molar-refractivity contribution is -0.134. The van der Waals surface area contributed by atoms with Crippen LogP contribution in [-0.4, -0.2) is 25.1 Å². The Bertz CT molecular complexity index is 623. The second-order valence-electron chi connectivity index (χ2n) is 4.00. The molecule has 1 aromatic carbocycles. The molecule has 0 saturated carbocycles. The number of hydrogen-bond donors (Lipinski definition) is 1. The second kappa shape index (κ2) is 6.21. The first-order valence-electron chi connectivity index (χ1n) is 5.93. The van der Waals surface area contributed by atoms with Crippen molar-refractivity contribution in [2.45, 2.75) is 0 Å². The average Bonchev–Trinajstić information content (AvgIpc) is 2.86. The van der Waals surface area contributed by atoms with Gasteiger partial charge < -0.3 is 15.4 Å². The third-order valence-electron chi connectivity index (χ3n) is 2.67. The smallest absolute Gasteiger partial charge is 0.330 e. The number of methoxy groups -OCH3 is 1. The van der Waals surface area contributed by atoms with Crippen molar-refractivity contribution >= 4 is 40.0 Å². The monoisotopic (exact) mass is 289 g/mol. The summed E-state index contributed by atoms with van der Waals surface area (Å²) in [5, 5.41) is 0.762. The van der Waals surface area contributed by atoms with Gasteiger partial charge in [0.05, 0.1) is 12.0 Å². The maximum absolute atomic E-state index is 11.1. The summed E-state index contributed by atoms with van der Waals surface area (Å²) >= 11 is 1.41. The summed E-state index contributed by atoms with van der Waals surface area (Å²) in [6, 6.07) is 9.85. The van der Waals surface area contributed by atoms with Gasteiger partial charge in [0, 0.05) is 18.8 Å². The van der Waals surface area contributed by atoms with E-state index in [2.05, 4.69) is 9.72 Å². The zero-order chi connectivity index (χ0) is 14.5. The van der Waals surface area contributed by atoms with Crippen LogP contribution in [0.15, 0.2) is 36.4 Å². The number of nitrogens with zero attached hydrogens (tertiary/aromatic N) is 2. The molecule has 2 N–H and O–H groups in total. The fraction of sp³-hybridized carbons (Fsp3) is 0.143. The number of anilines is 3. The van der Waals surface area contributed by atoms with Crippen molar-refractivity contribution in [3.05, 3.63) is 41.3 Å². The van der Waals surface area contributed by atoms with Gasteiger partial charge in [0.1, 0.15) is 5.82 Å². The molecule has 0 amide bonds. The van der Waals surface area contributed by atoms with E-state index < -0.39 is 5.97 Å².